The van der Waals surface area contributed by atoms with Crippen LogP contribution in [0.25, 0.3) is 0 Å². The molecule has 1 heteroatoms. The lowest BCUT2D eigenvalue weighted by molar-refractivity contribution is 1.55. The third-order valence-electron chi connectivity index (χ3n) is 1.34. The predicted octanol–water partition coefficient (Wildman–Crippen LogP) is 2.66. The van der Waals surface area contributed by atoms with Gasteiger partial charge in [0.2, 0.25) is 0 Å². The molecule has 0 fully saturated rings. The van der Waals surface area contributed by atoms with Crippen LogP contribution in [0.1, 0.15) is 11.1 Å². The molecule has 0 spiro atoms. The molecule has 1 rings (SSSR count). The minimum Gasteiger partial charge on any atom is -0.115 e. The molecular weight excluding hydrogens is 156 g/mol. The van der Waals surface area contributed by atoms with Crippen molar-refractivity contribution in [2.75, 3.05) is 0 Å². The number of hydrogen-bond acceptors (Lipinski definition) is 0. The molecule has 0 unspecified atom stereocenters. The number of terminal acetylenes is 1. The Bertz CT molecular complexity index is 318. The maximum Gasteiger partial charge on any atom is 0.0640 e. The quantitative estimate of drug-likeness (QED) is 0.556. The zero-order valence-corrected chi connectivity index (χ0v) is 6.65. The summed E-state index contributed by atoms with van der Waals surface area (Å²) in [5, 5.41) is 0.546. The van der Waals surface area contributed by atoms with E-state index in [1.165, 1.54) is 0 Å². The molecule has 1 aromatic carbocycles. The topological polar surface area (TPSA) is 0 Å². The minimum absolute atomic E-state index is 0.546. The van der Waals surface area contributed by atoms with E-state index < -0.39 is 0 Å². The van der Waals surface area contributed by atoms with Crippen molar-refractivity contribution in [3.63, 3.8) is 0 Å². The standard InChI is InChI=1S/C10H6Cl/c1-3-8-6-5-7-9(4-2)10(8)11/h1,5-7H,2H2. The van der Waals surface area contributed by atoms with E-state index in [9.17, 15) is 0 Å². The molecule has 0 bridgehead atoms. The third-order valence-corrected chi connectivity index (χ3v) is 1.75. The lowest BCUT2D eigenvalue weighted by Crippen LogP contribution is -1.80. The third kappa shape index (κ3) is 1.45. The van der Waals surface area contributed by atoms with Crippen LogP contribution < -0.4 is 0 Å². The molecule has 11 heavy (non-hydrogen) atoms. The van der Waals surface area contributed by atoms with Crippen molar-refractivity contribution < 1.29 is 0 Å². The van der Waals surface area contributed by atoms with Crippen LogP contribution in [0, 0.1) is 18.4 Å². The van der Waals surface area contributed by atoms with Gasteiger partial charge < -0.3 is 0 Å². The van der Waals surface area contributed by atoms with Crippen molar-refractivity contribution in [1.29, 1.82) is 0 Å². The first-order valence-electron chi connectivity index (χ1n) is 3.08. The Kier molecular flexibility index (Phi) is 2.36. The van der Waals surface area contributed by atoms with E-state index in [2.05, 4.69) is 18.6 Å². The molecule has 0 nitrogen and oxygen atoms in total. The SMILES string of the molecule is C#Cc1cccc([C]=C)c1Cl. The first-order valence-corrected chi connectivity index (χ1v) is 3.45. The van der Waals surface area contributed by atoms with Crippen molar-refractivity contribution in [3.8, 4) is 12.3 Å². The van der Waals surface area contributed by atoms with Crippen molar-refractivity contribution in [2.24, 2.45) is 0 Å². The van der Waals surface area contributed by atoms with E-state index in [1.807, 2.05) is 12.1 Å². The van der Waals surface area contributed by atoms with Crippen molar-refractivity contribution in [2.45, 2.75) is 0 Å². The highest BCUT2D eigenvalue weighted by molar-refractivity contribution is 6.32. The molecule has 1 aromatic rings. The van der Waals surface area contributed by atoms with Gasteiger partial charge in [-0.3, -0.25) is 0 Å². The summed E-state index contributed by atoms with van der Waals surface area (Å²) in [6.45, 7) is 3.49. The second-order valence-electron chi connectivity index (χ2n) is 1.99. The van der Waals surface area contributed by atoms with Crippen LogP contribution in [0.5, 0.6) is 0 Å². The van der Waals surface area contributed by atoms with Gasteiger partial charge in [0.25, 0.3) is 0 Å². The lowest BCUT2D eigenvalue weighted by Gasteiger charge is -1.98. The molecule has 0 amide bonds. The van der Waals surface area contributed by atoms with Crippen LogP contribution in [0.4, 0.5) is 0 Å². The molecule has 0 saturated heterocycles. The van der Waals surface area contributed by atoms with Gasteiger partial charge in [0.15, 0.2) is 0 Å². The van der Waals surface area contributed by atoms with Crippen molar-refractivity contribution >= 4 is 11.6 Å². The number of rotatable bonds is 1. The summed E-state index contributed by atoms with van der Waals surface area (Å²) in [4.78, 5) is 0. The number of benzene rings is 1. The zero-order valence-electron chi connectivity index (χ0n) is 5.89. The van der Waals surface area contributed by atoms with Gasteiger partial charge in [-0.05, 0) is 12.1 Å². The van der Waals surface area contributed by atoms with Gasteiger partial charge in [-0.25, -0.2) is 0 Å². The highest BCUT2D eigenvalue weighted by Gasteiger charge is 1.99. The molecule has 53 valence electrons. The summed E-state index contributed by atoms with van der Waals surface area (Å²) in [5.41, 5.74) is 1.43. The first kappa shape index (κ1) is 7.91. The maximum absolute atomic E-state index is 5.86. The average Bonchev–Trinajstić information content (AvgIpc) is 2.05. The van der Waals surface area contributed by atoms with E-state index in [-0.39, 0.29) is 0 Å². The summed E-state index contributed by atoms with van der Waals surface area (Å²) in [5.74, 6) is 2.47. The Hall–Kier alpha value is -1.19. The van der Waals surface area contributed by atoms with Gasteiger partial charge in [-0.1, -0.05) is 36.2 Å². The van der Waals surface area contributed by atoms with Gasteiger partial charge in [-0.2, -0.15) is 0 Å². The molecule has 0 aliphatic carbocycles. The molecule has 0 atom stereocenters. The van der Waals surface area contributed by atoms with E-state index >= 15 is 0 Å². The normalized spacial score (nSPS) is 8.73. The van der Waals surface area contributed by atoms with E-state index in [4.69, 9.17) is 18.0 Å². The van der Waals surface area contributed by atoms with Gasteiger partial charge in [-0.15, -0.1) is 6.42 Å². The summed E-state index contributed by atoms with van der Waals surface area (Å²) in [7, 11) is 0. The molecule has 0 aromatic heterocycles. The highest BCUT2D eigenvalue weighted by Crippen LogP contribution is 2.19. The van der Waals surface area contributed by atoms with Gasteiger partial charge >= 0.3 is 0 Å². The van der Waals surface area contributed by atoms with Crippen LogP contribution in [0.15, 0.2) is 24.8 Å². The van der Waals surface area contributed by atoms with Crippen molar-refractivity contribution in [3.05, 3.63) is 47.0 Å². The van der Waals surface area contributed by atoms with Gasteiger partial charge in [0, 0.05) is 11.1 Å². The van der Waals surface area contributed by atoms with Crippen LogP contribution in [-0.4, -0.2) is 0 Å². The number of halogens is 1. The Morgan fingerprint density at radius 3 is 2.55 bits per heavy atom. The van der Waals surface area contributed by atoms with Crippen LogP contribution in [-0.2, 0) is 0 Å². The Balaban J connectivity index is 3.34. The second-order valence-corrected chi connectivity index (χ2v) is 2.37. The second kappa shape index (κ2) is 3.27. The lowest BCUT2D eigenvalue weighted by atomic mass is 10.1. The molecule has 0 aliphatic heterocycles. The summed E-state index contributed by atoms with van der Waals surface area (Å²) in [6.07, 6.45) is 7.88. The summed E-state index contributed by atoms with van der Waals surface area (Å²) < 4.78 is 0. The molecule has 0 heterocycles. The first-order chi connectivity index (χ1) is 5.29. The molecule has 1 radical (unpaired) electrons. The highest BCUT2D eigenvalue weighted by atomic mass is 35.5. The zero-order chi connectivity index (χ0) is 8.27. The van der Waals surface area contributed by atoms with Gasteiger partial charge in [0.05, 0.1) is 5.02 Å². The van der Waals surface area contributed by atoms with E-state index in [0.717, 1.165) is 5.56 Å². The minimum atomic E-state index is 0.546. The fourth-order valence-electron chi connectivity index (χ4n) is 0.780. The summed E-state index contributed by atoms with van der Waals surface area (Å²) >= 11 is 5.86. The molecule has 0 saturated carbocycles. The van der Waals surface area contributed by atoms with E-state index in [0.29, 0.717) is 10.6 Å². The largest absolute Gasteiger partial charge is 0.115 e. The van der Waals surface area contributed by atoms with E-state index in [1.54, 1.807) is 6.07 Å². The van der Waals surface area contributed by atoms with Crippen molar-refractivity contribution in [1.82, 2.24) is 0 Å². The van der Waals surface area contributed by atoms with Crippen LogP contribution >= 0.6 is 11.6 Å². The smallest absolute Gasteiger partial charge is 0.0640 e. The summed E-state index contributed by atoms with van der Waals surface area (Å²) in [6, 6.07) is 5.42. The molecular formula is C10H6Cl. The van der Waals surface area contributed by atoms with Crippen LogP contribution in [0.2, 0.25) is 5.02 Å². The fourth-order valence-corrected chi connectivity index (χ4v) is 1.03. The monoisotopic (exact) mass is 161 g/mol. The van der Waals surface area contributed by atoms with Crippen LogP contribution in [0.3, 0.4) is 0 Å². The Morgan fingerprint density at radius 2 is 2.00 bits per heavy atom. The molecule has 0 aliphatic rings. The molecule has 0 N–H and O–H groups in total. The van der Waals surface area contributed by atoms with Gasteiger partial charge in [0.1, 0.15) is 0 Å². The Labute approximate surface area is 71.5 Å². The maximum atomic E-state index is 5.86. The predicted molar refractivity (Wildman–Crippen MR) is 47.4 cm³/mol. The Morgan fingerprint density at radius 1 is 1.36 bits per heavy atom. The number of hydrogen-bond donors (Lipinski definition) is 0. The average molecular weight is 162 g/mol. The fraction of sp³-hybridized carbons (Fsp3) is 0.